The summed E-state index contributed by atoms with van der Waals surface area (Å²) in [4.78, 5) is 2.40. The van der Waals surface area contributed by atoms with Crippen molar-refractivity contribution in [3.05, 3.63) is 0 Å². The minimum Gasteiger partial charge on any atom is -0.302 e. The van der Waals surface area contributed by atoms with Gasteiger partial charge in [0, 0.05) is 5.54 Å². The third kappa shape index (κ3) is 12.0. The van der Waals surface area contributed by atoms with Crippen molar-refractivity contribution in [1.82, 2.24) is 4.90 Å². The molecule has 0 spiro atoms. The van der Waals surface area contributed by atoms with Crippen molar-refractivity contribution < 1.29 is 0 Å². The molecule has 0 aliphatic heterocycles. The number of rotatable bonds is 3. The van der Waals surface area contributed by atoms with Crippen LogP contribution in [0.1, 0.15) is 60.8 Å². The first-order valence-electron chi connectivity index (χ1n) is 5.61. The van der Waals surface area contributed by atoms with Crippen LogP contribution in [0.4, 0.5) is 0 Å². The van der Waals surface area contributed by atoms with Gasteiger partial charge >= 0.3 is 0 Å². The van der Waals surface area contributed by atoms with Gasteiger partial charge in [0.15, 0.2) is 0 Å². The summed E-state index contributed by atoms with van der Waals surface area (Å²) in [5.74, 6) is 0. The van der Waals surface area contributed by atoms with Gasteiger partial charge in [-0.25, -0.2) is 0 Å². The fourth-order valence-electron chi connectivity index (χ4n) is 0.731. The van der Waals surface area contributed by atoms with Crippen LogP contribution in [0.15, 0.2) is 0 Å². The summed E-state index contributed by atoms with van der Waals surface area (Å²) in [6.45, 7) is 14.5. The first-order chi connectivity index (χ1) is 5.90. The lowest BCUT2D eigenvalue weighted by atomic mass is 10.1. The van der Waals surface area contributed by atoms with E-state index < -0.39 is 0 Å². The molecule has 13 heavy (non-hydrogen) atoms. The van der Waals surface area contributed by atoms with Crippen molar-refractivity contribution in [3.8, 4) is 0 Å². The van der Waals surface area contributed by atoms with Crippen molar-refractivity contribution >= 4 is 0 Å². The van der Waals surface area contributed by atoms with Gasteiger partial charge in [0.05, 0.1) is 0 Å². The van der Waals surface area contributed by atoms with E-state index in [1.165, 1.54) is 25.8 Å². The fourth-order valence-corrected chi connectivity index (χ4v) is 0.731. The lowest BCUT2D eigenvalue weighted by Crippen LogP contribution is -2.38. The van der Waals surface area contributed by atoms with Crippen molar-refractivity contribution in [1.29, 1.82) is 0 Å². The Morgan fingerprint density at radius 1 is 1.00 bits per heavy atom. The zero-order chi connectivity index (χ0) is 10.9. The lowest BCUT2D eigenvalue weighted by molar-refractivity contribution is 0.173. The summed E-state index contributed by atoms with van der Waals surface area (Å²) in [7, 11) is 2.19. The third-order valence-electron chi connectivity index (χ3n) is 1.99. The summed E-state index contributed by atoms with van der Waals surface area (Å²) < 4.78 is 0. The van der Waals surface area contributed by atoms with Crippen LogP contribution in [0.3, 0.4) is 0 Å². The average Bonchev–Trinajstić information content (AvgIpc) is 1.99. The molecule has 1 heteroatoms. The highest BCUT2D eigenvalue weighted by atomic mass is 15.1. The maximum atomic E-state index is 2.40. The SMILES string of the molecule is CCC.CCCCN(C)C(C)(C)C. The Morgan fingerprint density at radius 3 is 1.62 bits per heavy atom. The molecule has 0 N–H and O–H groups in total. The van der Waals surface area contributed by atoms with Crippen LogP contribution in [0.5, 0.6) is 0 Å². The van der Waals surface area contributed by atoms with E-state index >= 15 is 0 Å². The largest absolute Gasteiger partial charge is 0.302 e. The maximum Gasteiger partial charge on any atom is 0.0122 e. The van der Waals surface area contributed by atoms with Gasteiger partial charge in [0.25, 0.3) is 0 Å². The molecule has 0 bridgehead atoms. The van der Waals surface area contributed by atoms with Gasteiger partial charge < -0.3 is 4.90 Å². The summed E-state index contributed by atoms with van der Waals surface area (Å²) in [6.07, 6.45) is 3.86. The summed E-state index contributed by atoms with van der Waals surface area (Å²) in [5.41, 5.74) is 0.342. The Morgan fingerprint density at radius 2 is 1.38 bits per heavy atom. The molecule has 0 aromatic carbocycles. The highest BCUT2D eigenvalue weighted by molar-refractivity contribution is 4.71. The molecule has 0 aliphatic rings. The Balaban J connectivity index is 0. The van der Waals surface area contributed by atoms with E-state index in [1.54, 1.807) is 0 Å². The van der Waals surface area contributed by atoms with Crippen molar-refractivity contribution in [2.45, 2.75) is 66.3 Å². The number of unbranched alkanes of at least 4 members (excludes halogenated alkanes) is 1. The zero-order valence-electron chi connectivity index (χ0n) is 10.8. The predicted molar refractivity (Wildman–Crippen MR) is 63.3 cm³/mol. The molecule has 0 amide bonds. The first kappa shape index (κ1) is 15.4. The Labute approximate surface area is 85.5 Å². The molecule has 0 saturated carbocycles. The molecule has 0 aliphatic carbocycles. The number of hydrogen-bond acceptors (Lipinski definition) is 1. The van der Waals surface area contributed by atoms with Crippen LogP contribution in [-0.4, -0.2) is 24.0 Å². The second-order valence-electron chi connectivity index (χ2n) is 4.65. The molecule has 1 nitrogen and oxygen atoms in total. The van der Waals surface area contributed by atoms with Gasteiger partial charge in [-0.3, -0.25) is 0 Å². The summed E-state index contributed by atoms with van der Waals surface area (Å²) in [5, 5.41) is 0. The topological polar surface area (TPSA) is 3.24 Å². The summed E-state index contributed by atoms with van der Waals surface area (Å²) >= 11 is 0. The average molecular weight is 187 g/mol. The third-order valence-corrected chi connectivity index (χ3v) is 1.99. The quantitative estimate of drug-likeness (QED) is 0.647. The van der Waals surface area contributed by atoms with Crippen molar-refractivity contribution in [3.63, 3.8) is 0 Å². The fraction of sp³-hybridized carbons (Fsp3) is 1.00. The predicted octanol–water partition coefficient (Wildman–Crippen LogP) is 3.93. The van der Waals surface area contributed by atoms with Gasteiger partial charge in [-0.05, 0) is 40.8 Å². The summed E-state index contributed by atoms with van der Waals surface area (Å²) in [6, 6.07) is 0. The molecular weight excluding hydrogens is 158 g/mol. The molecule has 0 heterocycles. The van der Waals surface area contributed by atoms with E-state index in [0.717, 1.165) is 0 Å². The number of hydrogen-bond donors (Lipinski definition) is 0. The van der Waals surface area contributed by atoms with E-state index in [0.29, 0.717) is 5.54 Å². The van der Waals surface area contributed by atoms with Gasteiger partial charge in [-0.1, -0.05) is 33.6 Å². The maximum absolute atomic E-state index is 2.40. The molecule has 0 radical (unpaired) electrons. The smallest absolute Gasteiger partial charge is 0.0122 e. The second kappa shape index (κ2) is 8.55. The second-order valence-corrected chi connectivity index (χ2v) is 4.65. The van der Waals surface area contributed by atoms with Crippen LogP contribution < -0.4 is 0 Å². The van der Waals surface area contributed by atoms with E-state index in [9.17, 15) is 0 Å². The molecule has 0 atom stereocenters. The van der Waals surface area contributed by atoms with Crippen molar-refractivity contribution in [2.75, 3.05) is 13.6 Å². The Hall–Kier alpha value is -0.0400. The molecule has 0 rings (SSSR count). The molecule has 82 valence electrons. The Bertz CT molecular complexity index is 91.8. The highest BCUT2D eigenvalue weighted by Gasteiger charge is 2.15. The highest BCUT2D eigenvalue weighted by Crippen LogP contribution is 2.10. The van der Waals surface area contributed by atoms with E-state index in [2.05, 4.69) is 53.5 Å². The van der Waals surface area contributed by atoms with Crippen LogP contribution in [-0.2, 0) is 0 Å². The van der Waals surface area contributed by atoms with Crippen LogP contribution in [0.2, 0.25) is 0 Å². The monoisotopic (exact) mass is 187 g/mol. The minimum absolute atomic E-state index is 0.342. The van der Waals surface area contributed by atoms with Crippen LogP contribution in [0.25, 0.3) is 0 Å². The molecule has 0 fully saturated rings. The first-order valence-corrected chi connectivity index (χ1v) is 5.61. The van der Waals surface area contributed by atoms with E-state index in [-0.39, 0.29) is 0 Å². The van der Waals surface area contributed by atoms with Gasteiger partial charge in [0.2, 0.25) is 0 Å². The molecule has 0 aromatic rings. The number of nitrogens with zero attached hydrogens (tertiary/aromatic N) is 1. The molecular formula is C12H29N. The lowest BCUT2D eigenvalue weighted by Gasteiger charge is -2.31. The molecule has 0 aromatic heterocycles. The van der Waals surface area contributed by atoms with Crippen molar-refractivity contribution in [2.24, 2.45) is 0 Å². The molecule has 0 saturated heterocycles. The van der Waals surface area contributed by atoms with Gasteiger partial charge in [-0.2, -0.15) is 0 Å². The van der Waals surface area contributed by atoms with Gasteiger partial charge in [-0.15, -0.1) is 0 Å². The minimum atomic E-state index is 0.342. The standard InChI is InChI=1S/C9H21N.C3H8/c1-6-7-8-10(5)9(2,3)4;1-3-2/h6-8H2,1-5H3;3H2,1-2H3. The van der Waals surface area contributed by atoms with Crippen LogP contribution in [0, 0.1) is 0 Å². The van der Waals surface area contributed by atoms with E-state index in [1.807, 2.05) is 0 Å². The zero-order valence-corrected chi connectivity index (χ0v) is 10.8. The van der Waals surface area contributed by atoms with E-state index in [4.69, 9.17) is 0 Å². The normalized spacial score (nSPS) is 11.1. The van der Waals surface area contributed by atoms with Gasteiger partial charge in [0.1, 0.15) is 0 Å². The Kier molecular flexibility index (Phi) is 10.2. The molecule has 0 unspecified atom stereocenters. The van der Waals surface area contributed by atoms with Crippen LogP contribution >= 0.6 is 0 Å².